The van der Waals surface area contributed by atoms with Crippen molar-refractivity contribution in [2.45, 2.75) is 150 Å². The van der Waals surface area contributed by atoms with E-state index in [0.717, 1.165) is 22.7 Å². The molecule has 11 rings (SSSR count). The van der Waals surface area contributed by atoms with Gasteiger partial charge in [0.2, 0.25) is 0 Å². The fourth-order valence-corrected chi connectivity index (χ4v) is 12.2. The highest BCUT2D eigenvalue weighted by molar-refractivity contribution is 7.00. The summed E-state index contributed by atoms with van der Waals surface area (Å²) in [5, 5.41) is 0. The first kappa shape index (κ1) is 50.4. The van der Waals surface area contributed by atoms with Crippen LogP contribution in [0.2, 0.25) is 0 Å². The molecule has 0 fully saturated rings. The molecule has 0 saturated heterocycles. The Bertz CT molecular complexity index is 3470. The van der Waals surface area contributed by atoms with Gasteiger partial charge in [-0.2, -0.15) is 0 Å². The molecule has 0 saturated carbocycles. The fraction of sp³-hybridized carbons (Fsp3) is 0.324. The van der Waals surface area contributed by atoms with E-state index >= 15 is 0 Å². The third kappa shape index (κ3) is 8.52. The summed E-state index contributed by atoms with van der Waals surface area (Å²) in [4.78, 5) is 7.69. The molecule has 2 aliphatic heterocycles. The van der Waals surface area contributed by atoms with Crippen LogP contribution in [0, 0.1) is 0 Å². The molecule has 0 bridgehead atoms. The first-order valence-corrected chi connectivity index (χ1v) is 27.5. The monoisotopic (exact) mass is 984 g/mol. The maximum absolute atomic E-state index is 2.62. The van der Waals surface area contributed by atoms with E-state index in [1.807, 2.05) is 0 Å². The van der Waals surface area contributed by atoms with Gasteiger partial charge in [-0.25, -0.2) is 0 Å². The fourth-order valence-electron chi connectivity index (χ4n) is 12.2. The van der Waals surface area contributed by atoms with Crippen molar-refractivity contribution in [1.29, 1.82) is 0 Å². The minimum absolute atomic E-state index is 0.00799. The molecule has 380 valence electrons. The van der Waals surface area contributed by atoms with Gasteiger partial charge in [-0.1, -0.05) is 203 Å². The summed E-state index contributed by atoms with van der Waals surface area (Å²) < 4.78 is 0. The Labute approximate surface area is 450 Å². The van der Waals surface area contributed by atoms with Crippen LogP contribution in [0.4, 0.5) is 51.2 Å². The van der Waals surface area contributed by atoms with Gasteiger partial charge in [0.05, 0.1) is 0 Å². The van der Waals surface area contributed by atoms with E-state index in [4.69, 9.17) is 0 Å². The van der Waals surface area contributed by atoms with Crippen molar-refractivity contribution in [2.24, 2.45) is 0 Å². The van der Waals surface area contributed by atoms with Crippen LogP contribution in [-0.4, -0.2) is 6.71 Å². The van der Waals surface area contributed by atoms with Gasteiger partial charge < -0.3 is 14.7 Å². The van der Waals surface area contributed by atoms with Crippen LogP contribution >= 0.6 is 0 Å². The molecule has 0 unspecified atom stereocenters. The SMILES string of the molecule is CC(C)(C)c1ccc(N(c2ccc(C(C)(C)C)cc2)c2ccc3c(c2)N(c2ccc(C(C)(C)C)cc2)c2cc(C(C)(C)C)cc4c2B3c2cc(C(C)(C)C)ccc2N4c2ccc3c(c2)-c2ccccc2C3(C)C)cc1. The maximum atomic E-state index is 2.62. The lowest BCUT2D eigenvalue weighted by Gasteiger charge is -2.45. The maximum Gasteiger partial charge on any atom is 0.252 e. The van der Waals surface area contributed by atoms with Crippen LogP contribution in [0.3, 0.4) is 0 Å². The third-order valence-electron chi connectivity index (χ3n) is 16.8. The lowest BCUT2D eigenvalue weighted by Crippen LogP contribution is -2.61. The molecule has 75 heavy (non-hydrogen) atoms. The highest BCUT2D eigenvalue weighted by atomic mass is 15.2. The van der Waals surface area contributed by atoms with E-state index in [1.54, 1.807) is 0 Å². The van der Waals surface area contributed by atoms with E-state index < -0.39 is 0 Å². The van der Waals surface area contributed by atoms with Gasteiger partial charge >= 0.3 is 0 Å². The Balaban J connectivity index is 1.21. The normalized spacial score (nSPS) is 14.8. The van der Waals surface area contributed by atoms with Gasteiger partial charge in [0.25, 0.3) is 6.71 Å². The average Bonchev–Trinajstić information content (AvgIpc) is 3.61. The van der Waals surface area contributed by atoms with Crippen molar-refractivity contribution in [2.75, 3.05) is 14.7 Å². The van der Waals surface area contributed by atoms with Gasteiger partial charge in [0.1, 0.15) is 0 Å². The predicted molar refractivity (Wildman–Crippen MR) is 326 cm³/mol. The Kier molecular flexibility index (Phi) is 11.5. The smallest absolute Gasteiger partial charge is 0.252 e. The Morgan fingerprint density at radius 3 is 1.33 bits per heavy atom. The first-order valence-electron chi connectivity index (χ1n) is 27.5. The Hall–Kier alpha value is -6.78. The van der Waals surface area contributed by atoms with Crippen molar-refractivity contribution in [3.63, 3.8) is 0 Å². The van der Waals surface area contributed by atoms with Crippen LogP contribution in [0.1, 0.15) is 157 Å². The number of hydrogen-bond acceptors (Lipinski definition) is 3. The van der Waals surface area contributed by atoms with E-state index in [0.29, 0.717) is 0 Å². The molecule has 1 aliphatic carbocycles. The van der Waals surface area contributed by atoms with Crippen molar-refractivity contribution < 1.29 is 0 Å². The number of hydrogen-bond donors (Lipinski definition) is 0. The highest BCUT2D eigenvalue weighted by Crippen LogP contribution is 2.53. The first-order chi connectivity index (χ1) is 35.1. The molecular formula is C71H78BN3. The molecule has 3 aliphatic rings. The van der Waals surface area contributed by atoms with Gasteiger partial charge in [0.15, 0.2) is 0 Å². The zero-order valence-corrected chi connectivity index (χ0v) is 48.0. The lowest BCUT2D eigenvalue weighted by atomic mass is 9.33. The summed E-state index contributed by atoms with van der Waals surface area (Å²) in [6, 6.07) is 64.1. The van der Waals surface area contributed by atoms with Gasteiger partial charge in [-0.3, -0.25) is 0 Å². The predicted octanol–water partition coefficient (Wildman–Crippen LogP) is 18.0. The molecular weight excluding hydrogens is 906 g/mol. The summed E-state index contributed by atoms with van der Waals surface area (Å²) in [6.07, 6.45) is 0. The zero-order valence-electron chi connectivity index (χ0n) is 48.0. The van der Waals surface area contributed by atoms with Crippen molar-refractivity contribution >= 4 is 74.3 Å². The van der Waals surface area contributed by atoms with Gasteiger partial charge in [0, 0.05) is 56.6 Å². The Morgan fingerprint density at radius 2 is 0.800 bits per heavy atom. The molecule has 0 radical (unpaired) electrons. The summed E-state index contributed by atoms with van der Waals surface area (Å²) in [6.45, 7) is 39.6. The zero-order chi connectivity index (χ0) is 53.5. The second-order valence-electron chi connectivity index (χ2n) is 27.7. The summed E-state index contributed by atoms with van der Waals surface area (Å²) in [5.74, 6) is 0. The third-order valence-corrected chi connectivity index (χ3v) is 16.8. The second-order valence-corrected chi connectivity index (χ2v) is 27.7. The quantitative estimate of drug-likeness (QED) is 0.159. The van der Waals surface area contributed by atoms with Crippen LogP contribution in [0.25, 0.3) is 11.1 Å². The number of rotatable bonds is 5. The molecule has 2 heterocycles. The van der Waals surface area contributed by atoms with Crippen molar-refractivity contribution in [3.8, 4) is 11.1 Å². The van der Waals surface area contributed by atoms with Crippen LogP contribution < -0.4 is 31.1 Å². The number of anilines is 9. The van der Waals surface area contributed by atoms with E-state index in [-0.39, 0.29) is 39.2 Å². The van der Waals surface area contributed by atoms with Gasteiger partial charge in [-0.05, 0) is 172 Å². The summed E-state index contributed by atoms with van der Waals surface area (Å²) >= 11 is 0. The van der Waals surface area contributed by atoms with Crippen molar-refractivity contribution in [1.82, 2.24) is 0 Å². The molecule has 0 atom stereocenters. The van der Waals surface area contributed by atoms with Crippen LogP contribution in [0.5, 0.6) is 0 Å². The standard InChI is InChI=1S/C71H78BN3/c1-66(2,3)45-22-29-50(30-23-45)73(51-31-24-46(25-32-51)67(4,5)6)54-36-38-59-62(44-54)74(52-33-26-47(27-34-52)68(7,8)9)63-41-49(70(13,14)15)42-64-65(63)72(59)60-40-48(69(10,11)12)28-39-61(60)75(64)53-35-37-58-56(43-53)55-20-18-19-21-57(55)71(58,16)17/h18-44H,1-17H3. The molecule has 8 aromatic rings. The topological polar surface area (TPSA) is 9.72 Å². The van der Waals surface area contributed by atoms with E-state index in [2.05, 4.69) is 296 Å². The highest BCUT2D eigenvalue weighted by Gasteiger charge is 2.46. The number of benzene rings is 8. The van der Waals surface area contributed by atoms with Crippen LogP contribution in [0.15, 0.2) is 164 Å². The molecule has 0 spiro atoms. The minimum Gasteiger partial charge on any atom is -0.311 e. The number of fused-ring (bicyclic) bond motifs is 7. The molecule has 0 N–H and O–H groups in total. The van der Waals surface area contributed by atoms with Gasteiger partial charge in [-0.15, -0.1) is 0 Å². The molecule has 4 heteroatoms. The second kappa shape index (κ2) is 17.1. The van der Waals surface area contributed by atoms with Crippen LogP contribution in [-0.2, 0) is 32.5 Å². The molecule has 8 aromatic carbocycles. The molecule has 3 nitrogen and oxygen atoms in total. The Morgan fingerprint density at radius 1 is 0.347 bits per heavy atom. The summed E-state index contributed by atoms with van der Waals surface area (Å²) in [5.41, 5.74) is 26.4. The van der Waals surface area contributed by atoms with Crippen molar-refractivity contribution in [3.05, 3.63) is 203 Å². The molecule has 0 amide bonds. The number of nitrogens with zero attached hydrogens (tertiary/aromatic N) is 3. The lowest BCUT2D eigenvalue weighted by molar-refractivity contribution is 0.590. The summed E-state index contributed by atoms with van der Waals surface area (Å²) in [7, 11) is 0. The van der Waals surface area contributed by atoms with E-state index in [9.17, 15) is 0 Å². The average molecular weight is 984 g/mol. The largest absolute Gasteiger partial charge is 0.311 e. The minimum atomic E-state index is -0.150. The van der Waals surface area contributed by atoms with E-state index in [1.165, 1.54) is 94.9 Å². The molecule has 0 aromatic heterocycles.